The summed E-state index contributed by atoms with van der Waals surface area (Å²) in [4.78, 5) is 4.74. The first-order valence-electron chi connectivity index (χ1n) is 6.22. The predicted octanol–water partition coefficient (Wildman–Crippen LogP) is 2.71. The van der Waals surface area contributed by atoms with Crippen LogP contribution >= 0.6 is 12.2 Å². The second-order valence-corrected chi connectivity index (χ2v) is 5.13. The van der Waals surface area contributed by atoms with Gasteiger partial charge in [-0.05, 0) is 30.9 Å². The Morgan fingerprint density at radius 1 is 1.65 bits per heavy atom. The monoisotopic (exact) mass is 249 g/mol. The average Bonchev–Trinajstić information content (AvgIpc) is 3.12. The van der Waals surface area contributed by atoms with Gasteiger partial charge in [0.1, 0.15) is 10.8 Å². The first-order valence-corrected chi connectivity index (χ1v) is 6.63. The standard InChI is InChI=1S/C13H19N3S/c1-2-10(8-9-5-6-9)16-13-11(12(14)17)4-3-7-15-13/h3-4,7,9-10H,2,5-6,8H2,1H3,(H2,14,17)(H,15,16). The van der Waals surface area contributed by atoms with Crippen molar-refractivity contribution < 1.29 is 0 Å². The predicted molar refractivity (Wildman–Crippen MR) is 75.2 cm³/mol. The fourth-order valence-electron chi connectivity index (χ4n) is 2.00. The largest absolute Gasteiger partial charge is 0.389 e. The Morgan fingerprint density at radius 3 is 3.00 bits per heavy atom. The summed E-state index contributed by atoms with van der Waals surface area (Å²) < 4.78 is 0. The van der Waals surface area contributed by atoms with Crippen LogP contribution in [0.2, 0.25) is 0 Å². The Kier molecular flexibility index (Phi) is 3.94. The van der Waals surface area contributed by atoms with Gasteiger partial charge in [0.2, 0.25) is 0 Å². The third-order valence-corrected chi connectivity index (χ3v) is 3.44. The van der Waals surface area contributed by atoms with Crippen molar-refractivity contribution in [3.63, 3.8) is 0 Å². The van der Waals surface area contributed by atoms with Gasteiger partial charge < -0.3 is 11.1 Å². The van der Waals surface area contributed by atoms with Crippen LogP contribution in [0, 0.1) is 5.92 Å². The number of hydrogen-bond donors (Lipinski definition) is 2. The fraction of sp³-hybridized carbons (Fsp3) is 0.538. The summed E-state index contributed by atoms with van der Waals surface area (Å²) in [5, 5.41) is 3.47. The van der Waals surface area contributed by atoms with Crippen LogP contribution in [0.25, 0.3) is 0 Å². The number of nitrogens with one attached hydrogen (secondary N) is 1. The number of pyridine rings is 1. The summed E-state index contributed by atoms with van der Waals surface area (Å²) in [5.41, 5.74) is 6.54. The van der Waals surface area contributed by atoms with Gasteiger partial charge in [0.05, 0.1) is 5.56 Å². The Balaban J connectivity index is 2.07. The first kappa shape index (κ1) is 12.3. The number of aromatic nitrogens is 1. The van der Waals surface area contributed by atoms with E-state index in [1.807, 2.05) is 12.1 Å². The van der Waals surface area contributed by atoms with Crippen LogP contribution in [0.4, 0.5) is 5.82 Å². The van der Waals surface area contributed by atoms with E-state index in [1.54, 1.807) is 6.20 Å². The Hall–Kier alpha value is -1.16. The molecular weight excluding hydrogens is 230 g/mol. The molecule has 0 amide bonds. The van der Waals surface area contributed by atoms with E-state index in [2.05, 4.69) is 17.2 Å². The van der Waals surface area contributed by atoms with Crippen molar-refractivity contribution in [1.82, 2.24) is 4.98 Å². The van der Waals surface area contributed by atoms with E-state index in [0.717, 1.165) is 23.7 Å². The maximum Gasteiger partial charge on any atom is 0.136 e. The van der Waals surface area contributed by atoms with E-state index >= 15 is 0 Å². The van der Waals surface area contributed by atoms with Gasteiger partial charge in [-0.25, -0.2) is 4.98 Å². The lowest BCUT2D eigenvalue weighted by Gasteiger charge is -2.19. The van der Waals surface area contributed by atoms with Crippen LogP contribution in [0.1, 0.15) is 38.2 Å². The molecular formula is C13H19N3S. The van der Waals surface area contributed by atoms with Crippen molar-refractivity contribution in [2.75, 3.05) is 5.32 Å². The topological polar surface area (TPSA) is 50.9 Å². The minimum Gasteiger partial charge on any atom is -0.389 e. The number of nitrogens with two attached hydrogens (primary N) is 1. The third-order valence-electron chi connectivity index (χ3n) is 3.22. The number of rotatable bonds is 6. The molecule has 2 rings (SSSR count). The van der Waals surface area contributed by atoms with Crippen LogP contribution < -0.4 is 11.1 Å². The molecule has 1 saturated carbocycles. The molecule has 0 saturated heterocycles. The van der Waals surface area contributed by atoms with Crippen molar-refractivity contribution in [1.29, 1.82) is 0 Å². The summed E-state index contributed by atoms with van der Waals surface area (Å²) in [6.45, 7) is 2.20. The second-order valence-electron chi connectivity index (χ2n) is 4.69. The average molecular weight is 249 g/mol. The van der Waals surface area contributed by atoms with Gasteiger partial charge in [0, 0.05) is 12.2 Å². The molecule has 0 aliphatic heterocycles. The molecule has 4 heteroatoms. The quantitative estimate of drug-likeness (QED) is 0.761. The van der Waals surface area contributed by atoms with E-state index in [9.17, 15) is 0 Å². The smallest absolute Gasteiger partial charge is 0.136 e. The molecule has 0 bridgehead atoms. The Bertz CT molecular complexity index is 401. The highest BCUT2D eigenvalue weighted by molar-refractivity contribution is 7.80. The van der Waals surface area contributed by atoms with Crippen molar-refractivity contribution in [2.24, 2.45) is 11.7 Å². The molecule has 1 aromatic heterocycles. The van der Waals surface area contributed by atoms with Gasteiger partial charge in [0.15, 0.2) is 0 Å². The highest BCUT2D eigenvalue weighted by atomic mass is 32.1. The van der Waals surface area contributed by atoms with Crippen molar-refractivity contribution in [3.8, 4) is 0 Å². The molecule has 3 nitrogen and oxygen atoms in total. The molecule has 1 unspecified atom stereocenters. The van der Waals surface area contributed by atoms with E-state index in [-0.39, 0.29) is 0 Å². The van der Waals surface area contributed by atoms with Gasteiger partial charge in [-0.3, -0.25) is 0 Å². The molecule has 1 aliphatic rings. The number of anilines is 1. The summed E-state index contributed by atoms with van der Waals surface area (Å²) in [6, 6.07) is 4.26. The molecule has 0 radical (unpaired) electrons. The maximum atomic E-state index is 5.70. The van der Waals surface area contributed by atoms with Crippen molar-refractivity contribution in [2.45, 2.75) is 38.6 Å². The van der Waals surface area contributed by atoms with Crippen LogP contribution in [-0.4, -0.2) is 16.0 Å². The molecule has 0 spiro atoms. The number of hydrogen-bond acceptors (Lipinski definition) is 3. The molecule has 3 N–H and O–H groups in total. The lowest BCUT2D eigenvalue weighted by atomic mass is 10.1. The lowest BCUT2D eigenvalue weighted by molar-refractivity contribution is 0.585. The molecule has 1 atom stereocenters. The summed E-state index contributed by atoms with van der Waals surface area (Å²) in [5.74, 6) is 1.73. The maximum absolute atomic E-state index is 5.70. The third kappa shape index (κ3) is 3.40. The van der Waals surface area contributed by atoms with Gasteiger partial charge in [-0.1, -0.05) is 32.0 Å². The highest BCUT2D eigenvalue weighted by Crippen LogP contribution is 2.34. The summed E-state index contributed by atoms with van der Waals surface area (Å²) in [6.07, 6.45) is 6.85. The zero-order valence-electron chi connectivity index (χ0n) is 10.1. The fourth-order valence-corrected chi connectivity index (χ4v) is 2.16. The molecule has 1 heterocycles. The van der Waals surface area contributed by atoms with Gasteiger partial charge >= 0.3 is 0 Å². The number of thiocarbonyl (C=S) groups is 1. The van der Waals surface area contributed by atoms with Crippen LogP contribution in [0.5, 0.6) is 0 Å². The first-order chi connectivity index (χ1) is 8.20. The van der Waals surface area contributed by atoms with Crippen molar-refractivity contribution >= 4 is 23.0 Å². The highest BCUT2D eigenvalue weighted by Gasteiger charge is 2.25. The van der Waals surface area contributed by atoms with E-state index in [1.165, 1.54) is 19.3 Å². The van der Waals surface area contributed by atoms with Gasteiger partial charge in [-0.2, -0.15) is 0 Å². The zero-order valence-corrected chi connectivity index (χ0v) is 11.0. The molecule has 1 aromatic rings. The lowest BCUT2D eigenvalue weighted by Crippen LogP contribution is -2.23. The van der Waals surface area contributed by atoms with Crippen LogP contribution in [0.3, 0.4) is 0 Å². The second kappa shape index (κ2) is 5.45. The summed E-state index contributed by atoms with van der Waals surface area (Å²) in [7, 11) is 0. The molecule has 1 aliphatic carbocycles. The van der Waals surface area contributed by atoms with E-state index < -0.39 is 0 Å². The molecule has 17 heavy (non-hydrogen) atoms. The zero-order chi connectivity index (χ0) is 12.3. The molecule has 92 valence electrons. The summed E-state index contributed by atoms with van der Waals surface area (Å²) >= 11 is 5.04. The molecule has 1 fully saturated rings. The minimum absolute atomic E-state index is 0.405. The Morgan fingerprint density at radius 2 is 2.41 bits per heavy atom. The van der Waals surface area contributed by atoms with Crippen molar-refractivity contribution in [3.05, 3.63) is 23.9 Å². The van der Waals surface area contributed by atoms with Crippen LogP contribution in [-0.2, 0) is 0 Å². The molecule has 0 aromatic carbocycles. The minimum atomic E-state index is 0.405. The Labute approximate surface area is 108 Å². The van der Waals surface area contributed by atoms with E-state index in [4.69, 9.17) is 18.0 Å². The van der Waals surface area contributed by atoms with Gasteiger partial charge in [-0.15, -0.1) is 0 Å². The normalized spacial score (nSPS) is 16.5. The van der Waals surface area contributed by atoms with Gasteiger partial charge in [0.25, 0.3) is 0 Å². The van der Waals surface area contributed by atoms with Crippen LogP contribution in [0.15, 0.2) is 18.3 Å². The van der Waals surface area contributed by atoms with E-state index in [0.29, 0.717) is 11.0 Å². The number of nitrogens with zero attached hydrogens (tertiary/aromatic N) is 1. The SMILES string of the molecule is CCC(CC1CC1)Nc1ncccc1C(N)=S.